The molecule has 0 saturated heterocycles. The molecule has 0 aliphatic carbocycles. The van der Waals surface area contributed by atoms with Crippen molar-refractivity contribution in [2.75, 3.05) is 13.7 Å². The van der Waals surface area contributed by atoms with E-state index in [0.29, 0.717) is 18.0 Å². The number of rotatable bonds is 7. The third-order valence-corrected chi connectivity index (χ3v) is 5.19. The molecule has 0 heterocycles. The standard InChI is InChI=1S/C17H20ClNO3S/c1-13-5-7-14(8-6-13)4-3-11-19-23(20,21)17-12-15(18)9-10-16(17)22-2/h5-10,12,19H,3-4,11H2,1-2H3. The fourth-order valence-corrected chi connectivity index (χ4v) is 3.70. The van der Waals surface area contributed by atoms with Crippen LogP contribution in [0.3, 0.4) is 0 Å². The number of methoxy groups -OCH3 is 1. The maximum atomic E-state index is 12.4. The Morgan fingerprint density at radius 3 is 2.48 bits per heavy atom. The molecule has 0 aliphatic rings. The van der Waals surface area contributed by atoms with Crippen LogP contribution in [0.2, 0.25) is 5.02 Å². The average Bonchev–Trinajstić information content (AvgIpc) is 2.53. The fourth-order valence-electron chi connectivity index (χ4n) is 2.19. The number of sulfonamides is 1. The van der Waals surface area contributed by atoms with Crippen molar-refractivity contribution in [3.05, 3.63) is 58.6 Å². The van der Waals surface area contributed by atoms with Gasteiger partial charge in [0.1, 0.15) is 10.6 Å². The zero-order valence-corrected chi connectivity index (χ0v) is 14.7. The Balaban J connectivity index is 1.96. The molecular weight excluding hydrogens is 334 g/mol. The molecule has 0 atom stereocenters. The number of nitrogens with one attached hydrogen (secondary N) is 1. The van der Waals surface area contributed by atoms with Gasteiger partial charge in [-0.2, -0.15) is 0 Å². The van der Waals surface area contributed by atoms with Crippen molar-refractivity contribution in [3.8, 4) is 5.75 Å². The van der Waals surface area contributed by atoms with Gasteiger partial charge >= 0.3 is 0 Å². The highest BCUT2D eigenvalue weighted by molar-refractivity contribution is 7.89. The first-order valence-electron chi connectivity index (χ1n) is 7.31. The number of aryl methyl sites for hydroxylation is 2. The highest BCUT2D eigenvalue weighted by atomic mass is 35.5. The van der Waals surface area contributed by atoms with E-state index in [-0.39, 0.29) is 10.6 Å². The minimum atomic E-state index is -3.65. The van der Waals surface area contributed by atoms with E-state index in [1.54, 1.807) is 12.1 Å². The lowest BCUT2D eigenvalue weighted by Gasteiger charge is -2.11. The van der Waals surface area contributed by atoms with Crippen LogP contribution < -0.4 is 9.46 Å². The van der Waals surface area contributed by atoms with E-state index < -0.39 is 10.0 Å². The van der Waals surface area contributed by atoms with Crippen LogP contribution in [0.15, 0.2) is 47.4 Å². The molecule has 0 amide bonds. The van der Waals surface area contributed by atoms with Crippen molar-refractivity contribution in [3.63, 3.8) is 0 Å². The van der Waals surface area contributed by atoms with Gasteiger partial charge in [-0.3, -0.25) is 0 Å². The minimum absolute atomic E-state index is 0.0582. The molecule has 6 heteroatoms. The lowest BCUT2D eigenvalue weighted by molar-refractivity contribution is 0.402. The Morgan fingerprint density at radius 1 is 1.13 bits per heavy atom. The Morgan fingerprint density at radius 2 is 1.83 bits per heavy atom. The number of hydrogen-bond acceptors (Lipinski definition) is 3. The minimum Gasteiger partial charge on any atom is -0.495 e. The van der Waals surface area contributed by atoms with Gasteiger partial charge in [-0.05, 0) is 43.5 Å². The Kier molecular flexibility index (Phi) is 6.04. The Hall–Kier alpha value is -1.56. The number of halogens is 1. The molecule has 0 unspecified atom stereocenters. The molecule has 0 radical (unpaired) electrons. The molecule has 0 aromatic heterocycles. The lowest BCUT2D eigenvalue weighted by Crippen LogP contribution is -2.25. The summed E-state index contributed by atoms with van der Waals surface area (Å²) in [7, 11) is -2.22. The molecule has 0 aliphatic heterocycles. The van der Waals surface area contributed by atoms with Gasteiger partial charge in [-0.1, -0.05) is 41.4 Å². The van der Waals surface area contributed by atoms with Gasteiger partial charge in [0.2, 0.25) is 10.0 Å². The fraction of sp³-hybridized carbons (Fsp3) is 0.294. The average molecular weight is 354 g/mol. The molecule has 2 aromatic rings. The summed E-state index contributed by atoms with van der Waals surface area (Å²) in [5.74, 6) is 0.278. The van der Waals surface area contributed by atoms with Crippen molar-refractivity contribution in [1.29, 1.82) is 0 Å². The van der Waals surface area contributed by atoms with E-state index in [4.69, 9.17) is 16.3 Å². The molecule has 2 rings (SSSR count). The quantitative estimate of drug-likeness (QED) is 0.774. The maximum absolute atomic E-state index is 12.4. The molecular formula is C17H20ClNO3S. The summed E-state index contributed by atoms with van der Waals surface area (Å²) in [5, 5.41) is 0.353. The summed E-state index contributed by atoms with van der Waals surface area (Å²) in [6.07, 6.45) is 1.53. The van der Waals surface area contributed by atoms with Gasteiger partial charge < -0.3 is 4.74 Å². The molecule has 124 valence electrons. The zero-order valence-electron chi connectivity index (χ0n) is 13.2. The van der Waals surface area contributed by atoms with E-state index in [1.807, 2.05) is 6.92 Å². The van der Waals surface area contributed by atoms with Crippen LogP contribution in [-0.2, 0) is 16.4 Å². The number of hydrogen-bond donors (Lipinski definition) is 1. The molecule has 0 spiro atoms. The van der Waals surface area contributed by atoms with Crippen molar-refractivity contribution in [1.82, 2.24) is 4.72 Å². The largest absolute Gasteiger partial charge is 0.495 e. The van der Waals surface area contributed by atoms with Crippen LogP contribution in [0.5, 0.6) is 5.75 Å². The highest BCUT2D eigenvalue weighted by Crippen LogP contribution is 2.26. The second-order valence-corrected chi connectivity index (χ2v) is 7.45. The van der Waals surface area contributed by atoms with E-state index in [1.165, 1.54) is 24.3 Å². The highest BCUT2D eigenvalue weighted by Gasteiger charge is 2.19. The van der Waals surface area contributed by atoms with Gasteiger partial charge in [0.15, 0.2) is 0 Å². The van der Waals surface area contributed by atoms with Crippen molar-refractivity contribution in [2.24, 2.45) is 0 Å². The van der Waals surface area contributed by atoms with E-state index >= 15 is 0 Å². The monoisotopic (exact) mass is 353 g/mol. The molecule has 1 N–H and O–H groups in total. The van der Waals surface area contributed by atoms with Crippen LogP contribution >= 0.6 is 11.6 Å². The topological polar surface area (TPSA) is 55.4 Å². The molecule has 23 heavy (non-hydrogen) atoms. The normalized spacial score (nSPS) is 11.4. The third kappa shape index (κ3) is 4.96. The Bertz CT molecular complexity index is 758. The van der Waals surface area contributed by atoms with Gasteiger partial charge in [0.25, 0.3) is 0 Å². The number of benzene rings is 2. The predicted octanol–water partition coefficient (Wildman–Crippen LogP) is 3.57. The lowest BCUT2D eigenvalue weighted by atomic mass is 10.1. The summed E-state index contributed by atoms with van der Waals surface area (Å²) < 4.78 is 32.4. The first-order valence-corrected chi connectivity index (χ1v) is 9.17. The van der Waals surface area contributed by atoms with E-state index in [9.17, 15) is 8.42 Å². The molecule has 0 fully saturated rings. The summed E-state index contributed by atoms with van der Waals surface area (Å²) in [6, 6.07) is 12.8. The summed E-state index contributed by atoms with van der Waals surface area (Å²) >= 11 is 5.89. The summed E-state index contributed by atoms with van der Waals surface area (Å²) in [5.41, 5.74) is 2.40. The first-order chi connectivity index (χ1) is 10.9. The summed E-state index contributed by atoms with van der Waals surface area (Å²) in [4.78, 5) is 0.0582. The summed E-state index contributed by atoms with van der Waals surface area (Å²) in [6.45, 7) is 2.39. The zero-order chi connectivity index (χ0) is 16.9. The SMILES string of the molecule is COc1ccc(Cl)cc1S(=O)(=O)NCCCc1ccc(C)cc1. The van der Waals surface area contributed by atoms with Crippen molar-refractivity contribution >= 4 is 21.6 Å². The van der Waals surface area contributed by atoms with Gasteiger partial charge in [-0.15, -0.1) is 0 Å². The Labute approximate surface area is 142 Å². The number of ether oxygens (including phenoxy) is 1. The second kappa shape index (κ2) is 7.81. The predicted molar refractivity (Wildman–Crippen MR) is 92.7 cm³/mol. The molecule has 2 aromatic carbocycles. The van der Waals surface area contributed by atoms with E-state index in [0.717, 1.165) is 6.42 Å². The third-order valence-electron chi connectivity index (χ3n) is 3.47. The van der Waals surface area contributed by atoms with Gasteiger partial charge in [0.05, 0.1) is 7.11 Å². The van der Waals surface area contributed by atoms with Gasteiger partial charge in [-0.25, -0.2) is 13.1 Å². The molecule has 0 bridgehead atoms. The van der Waals surface area contributed by atoms with Crippen molar-refractivity contribution < 1.29 is 13.2 Å². The van der Waals surface area contributed by atoms with E-state index in [2.05, 4.69) is 29.0 Å². The molecule has 4 nitrogen and oxygen atoms in total. The van der Waals surface area contributed by atoms with Crippen LogP contribution in [0.4, 0.5) is 0 Å². The first kappa shape index (κ1) is 17.8. The molecule has 0 saturated carbocycles. The van der Waals surface area contributed by atoms with Crippen LogP contribution in [0, 0.1) is 6.92 Å². The van der Waals surface area contributed by atoms with Gasteiger partial charge in [0, 0.05) is 11.6 Å². The maximum Gasteiger partial charge on any atom is 0.244 e. The van der Waals surface area contributed by atoms with Crippen molar-refractivity contribution in [2.45, 2.75) is 24.7 Å². The van der Waals surface area contributed by atoms with Crippen LogP contribution in [-0.4, -0.2) is 22.1 Å². The smallest absolute Gasteiger partial charge is 0.244 e. The second-order valence-electron chi connectivity index (χ2n) is 5.28. The van der Waals surface area contributed by atoms with Crippen LogP contribution in [0.25, 0.3) is 0 Å². The van der Waals surface area contributed by atoms with Crippen LogP contribution in [0.1, 0.15) is 17.5 Å².